The Morgan fingerprint density at radius 1 is 1.00 bits per heavy atom. The zero-order valence-electron chi connectivity index (χ0n) is 11.7. The van der Waals surface area contributed by atoms with Gasteiger partial charge in [0.15, 0.2) is 5.84 Å². The molecule has 2 aromatic carbocycles. The Morgan fingerprint density at radius 2 is 1.57 bits per heavy atom. The third-order valence-electron chi connectivity index (χ3n) is 3.40. The second kappa shape index (κ2) is 5.96. The van der Waals surface area contributed by atoms with Crippen molar-refractivity contribution < 1.29 is 13.6 Å². The molecule has 0 saturated carbocycles. The van der Waals surface area contributed by atoms with E-state index in [1.54, 1.807) is 0 Å². The van der Waals surface area contributed by atoms with Crippen LogP contribution in [-0.2, 0) is 10.5 Å². The van der Waals surface area contributed by atoms with E-state index in [0.717, 1.165) is 0 Å². The predicted molar refractivity (Wildman–Crippen MR) is 81.3 cm³/mol. The Morgan fingerprint density at radius 3 is 2.13 bits per heavy atom. The Labute approximate surface area is 135 Å². The fourth-order valence-corrected chi connectivity index (χ4v) is 2.47. The molecule has 0 aromatic heterocycles. The molecule has 0 spiro atoms. The average molecular weight is 334 g/mol. The van der Waals surface area contributed by atoms with Crippen molar-refractivity contribution in [3.63, 3.8) is 0 Å². The first-order valence-electron chi connectivity index (χ1n) is 6.72. The zero-order chi connectivity index (χ0) is 16.4. The van der Waals surface area contributed by atoms with Gasteiger partial charge in [0.2, 0.25) is 10.9 Å². The normalized spacial score (nSPS) is 19.7. The van der Waals surface area contributed by atoms with Gasteiger partial charge in [0.1, 0.15) is 11.6 Å². The summed E-state index contributed by atoms with van der Waals surface area (Å²) in [5.41, 5.74) is -0.272. The number of halogens is 3. The molecule has 1 aliphatic rings. The molecular weight excluding hydrogens is 324 g/mol. The molecule has 0 amide bonds. The molecule has 1 atom stereocenters. The average Bonchev–Trinajstić information content (AvgIpc) is 2.93. The third kappa shape index (κ3) is 3.17. The van der Waals surface area contributed by atoms with Crippen LogP contribution in [0.5, 0.6) is 0 Å². The highest BCUT2D eigenvalue weighted by atomic mass is 35.5. The highest BCUT2D eigenvalue weighted by molar-refractivity contribution is 6.63. The van der Waals surface area contributed by atoms with Crippen molar-refractivity contribution >= 4 is 22.7 Å². The van der Waals surface area contributed by atoms with E-state index >= 15 is 0 Å². The highest BCUT2D eigenvalue weighted by Crippen LogP contribution is 2.37. The van der Waals surface area contributed by atoms with E-state index in [1.165, 1.54) is 48.5 Å². The monoisotopic (exact) mass is 333 g/mol. The van der Waals surface area contributed by atoms with Gasteiger partial charge in [0, 0.05) is 11.1 Å². The summed E-state index contributed by atoms with van der Waals surface area (Å²) < 4.78 is 26.1. The lowest BCUT2D eigenvalue weighted by Crippen LogP contribution is -2.22. The summed E-state index contributed by atoms with van der Waals surface area (Å²) >= 11 is 5.51. The molecule has 7 heteroatoms. The van der Waals surface area contributed by atoms with E-state index in [2.05, 4.69) is 15.2 Å². The first-order chi connectivity index (χ1) is 11.0. The minimum Gasteiger partial charge on any atom is -0.281 e. The summed E-state index contributed by atoms with van der Waals surface area (Å²) in [6.07, 6.45) is -0.214. The number of carbonyl (C=O) groups is 1. The zero-order valence-corrected chi connectivity index (χ0v) is 12.5. The number of carbonyl (C=O) groups excluding carboxylic acids is 1. The first-order valence-corrected chi connectivity index (χ1v) is 7.09. The summed E-state index contributed by atoms with van der Waals surface area (Å²) in [4.78, 5) is 15.8. The Balaban J connectivity index is 2.04. The highest BCUT2D eigenvalue weighted by Gasteiger charge is 2.38. The van der Waals surface area contributed by atoms with Crippen LogP contribution in [0.25, 0.3) is 0 Å². The van der Waals surface area contributed by atoms with E-state index in [0.29, 0.717) is 11.1 Å². The van der Waals surface area contributed by atoms with Crippen LogP contribution in [0.4, 0.5) is 8.78 Å². The van der Waals surface area contributed by atoms with Gasteiger partial charge in [0.25, 0.3) is 0 Å². The van der Waals surface area contributed by atoms with E-state index < -0.39 is 16.7 Å². The van der Waals surface area contributed by atoms with Gasteiger partial charge in [-0.3, -0.25) is 4.79 Å². The lowest BCUT2D eigenvalue weighted by Gasteiger charge is -2.19. The van der Waals surface area contributed by atoms with Crippen LogP contribution in [0, 0.1) is 11.6 Å². The Bertz CT molecular complexity index is 803. The fraction of sp³-hybridized carbons (Fsp3) is 0.125. The molecule has 1 heterocycles. The summed E-state index contributed by atoms with van der Waals surface area (Å²) in [7, 11) is 0. The number of nitrogens with zero attached hydrogens (tertiary/aromatic N) is 3. The van der Waals surface area contributed by atoms with E-state index in [-0.39, 0.29) is 18.1 Å². The van der Waals surface area contributed by atoms with Crippen LogP contribution in [0.3, 0.4) is 0 Å². The van der Waals surface area contributed by atoms with Gasteiger partial charge in [-0.05, 0) is 48.0 Å². The number of hydrogen-bond acceptors (Lipinski definition) is 4. The Kier molecular flexibility index (Phi) is 4.00. The number of hydrogen-bond donors (Lipinski definition) is 0. The molecule has 1 aliphatic heterocycles. The second-order valence-corrected chi connectivity index (χ2v) is 5.42. The van der Waals surface area contributed by atoms with Gasteiger partial charge in [-0.2, -0.15) is 5.11 Å². The molecule has 0 bridgehead atoms. The summed E-state index contributed by atoms with van der Waals surface area (Å²) in [6.45, 7) is 0. The van der Waals surface area contributed by atoms with Gasteiger partial charge in [-0.25, -0.2) is 13.8 Å². The number of rotatable bonds is 4. The lowest BCUT2D eigenvalue weighted by molar-refractivity contribution is -0.112. The number of azo groups is 1. The number of aliphatic imine (C=N–C) groups is 1. The van der Waals surface area contributed by atoms with Crippen molar-refractivity contribution in [1.82, 2.24) is 0 Å². The van der Waals surface area contributed by atoms with E-state index in [1.807, 2.05) is 0 Å². The molecule has 0 radical (unpaired) electrons. The van der Waals surface area contributed by atoms with Crippen LogP contribution in [0.2, 0.25) is 0 Å². The standard InChI is InChI=1S/C16H10ClF2N3O/c17-14(23)9-16(11-3-7-13(19)8-4-11)20-15(21-22-16)10-1-5-12(18)6-2-10/h1-8H,9H2. The molecule has 1 unspecified atom stereocenters. The third-order valence-corrected chi connectivity index (χ3v) is 3.53. The van der Waals surface area contributed by atoms with Crippen molar-refractivity contribution in [3.8, 4) is 0 Å². The quantitative estimate of drug-likeness (QED) is 0.774. The Hall–Kier alpha value is -2.47. The summed E-state index contributed by atoms with van der Waals surface area (Å²) in [5, 5.41) is 7.44. The molecular formula is C16H10ClF2N3O. The molecule has 4 nitrogen and oxygen atoms in total. The van der Waals surface area contributed by atoms with Crippen LogP contribution < -0.4 is 0 Å². The number of benzene rings is 2. The predicted octanol–water partition coefficient (Wildman–Crippen LogP) is 4.19. The minimum atomic E-state index is -1.32. The van der Waals surface area contributed by atoms with Crippen LogP contribution >= 0.6 is 11.6 Å². The van der Waals surface area contributed by atoms with Crippen molar-refractivity contribution in [1.29, 1.82) is 0 Å². The first kappa shape index (κ1) is 15.4. The fourth-order valence-electron chi connectivity index (χ4n) is 2.28. The summed E-state index contributed by atoms with van der Waals surface area (Å²) in [5.74, 6) is -0.545. The van der Waals surface area contributed by atoms with E-state index in [4.69, 9.17) is 11.6 Å². The SMILES string of the molecule is O=C(Cl)CC1(c2ccc(F)cc2)N=NC(c2ccc(F)cc2)=N1. The van der Waals surface area contributed by atoms with Crippen LogP contribution in [0.1, 0.15) is 17.5 Å². The molecule has 23 heavy (non-hydrogen) atoms. The van der Waals surface area contributed by atoms with Gasteiger partial charge in [-0.1, -0.05) is 12.1 Å². The number of amidine groups is 1. The van der Waals surface area contributed by atoms with Crippen molar-refractivity contribution in [2.45, 2.75) is 12.1 Å². The maximum atomic E-state index is 13.1. The summed E-state index contributed by atoms with van der Waals surface area (Å²) in [6, 6.07) is 11.0. The molecule has 0 N–H and O–H groups in total. The van der Waals surface area contributed by atoms with Crippen LogP contribution in [-0.4, -0.2) is 11.1 Å². The smallest absolute Gasteiger partial charge is 0.226 e. The van der Waals surface area contributed by atoms with E-state index in [9.17, 15) is 13.6 Å². The maximum Gasteiger partial charge on any atom is 0.226 e. The minimum absolute atomic E-state index is 0.214. The van der Waals surface area contributed by atoms with Gasteiger partial charge in [0.05, 0.1) is 6.42 Å². The van der Waals surface area contributed by atoms with Gasteiger partial charge < -0.3 is 0 Å². The van der Waals surface area contributed by atoms with Gasteiger partial charge in [-0.15, -0.1) is 5.11 Å². The van der Waals surface area contributed by atoms with Crippen molar-refractivity contribution in [2.24, 2.45) is 15.2 Å². The molecule has 2 aromatic rings. The largest absolute Gasteiger partial charge is 0.281 e. The van der Waals surface area contributed by atoms with Gasteiger partial charge >= 0.3 is 0 Å². The molecule has 3 rings (SSSR count). The molecule has 0 aliphatic carbocycles. The molecule has 0 saturated heterocycles. The van der Waals surface area contributed by atoms with Crippen LogP contribution in [0.15, 0.2) is 63.8 Å². The lowest BCUT2D eigenvalue weighted by atomic mass is 9.97. The molecule has 116 valence electrons. The molecule has 0 fully saturated rings. The topological polar surface area (TPSA) is 54.1 Å². The maximum absolute atomic E-state index is 13.1. The van der Waals surface area contributed by atoms with Crippen molar-refractivity contribution in [2.75, 3.05) is 0 Å². The van der Waals surface area contributed by atoms with Crippen molar-refractivity contribution in [3.05, 3.63) is 71.3 Å². The second-order valence-electron chi connectivity index (χ2n) is 5.00.